The van der Waals surface area contributed by atoms with Gasteiger partial charge in [-0.15, -0.1) is 0 Å². The van der Waals surface area contributed by atoms with Crippen molar-refractivity contribution in [1.29, 1.82) is 0 Å². The molecule has 0 atom stereocenters. The van der Waals surface area contributed by atoms with Crippen molar-refractivity contribution in [1.82, 2.24) is 10.3 Å². The van der Waals surface area contributed by atoms with Gasteiger partial charge in [-0.3, -0.25) is 0 Å². The molecule has 0 aliphatic carbocycles. The monoisotopic (exact) mass is 249 g/mol. The highest BCUT2D eigenvalue weighted by Gasteiger charge is 2.22. The Morgan fingerprint density at radius 1 is 1.28 bits per heavy atom. The molecule has 3 nitrogen and oxygen atoms in total. The summed E-state index contributed by atoms with van der Waals surface area (Å²) < 4.78 is 0. The molecule has 0 radical (unpaired) electrons. The summed E-state index contributed by atoms with van der Waals surface area (Å²) in [6.45, 7) is 10.8. The SMILES string of the molecule is CCCNCc1cccc(N(C)C(C)(C)CC)n1. The van der Waals surface area contributed by atoms with E-state index in [0.717, 1.165) is 37.4 Å². The molecular formula is C15H27N3. The first kappa shape index (κ1) is 15.0. The molecule has 0 aliphatic heterocycles. The van der Waals surface area contributed by atoms with Crippen LogP contribution in [0.25, 0.3) is 0 Å². The molecule has 0 saturated heterocycles. The second kappa shape index (κ2) is 6.74. The lowest BCUT2D eigenvalue weighted by atomic mass is 10.00. The summed E-state index contributed by atoms with van der Waals surface area (Å²) in [7, 11) is 2.12. The third kappa shape index (κ3) is 3.98. The van der Waals surface area contributed by atoms with E-state index in [1.807, 2.05) is 0 Å². The van der Waals surface area contributed by atoms with E-state index in [0.29, 0.717) is 0 Å². The van der Waals surface area contributed by atoms with Crippen molar-refractivity contribution in [3.63, 3.8) is 0 Å². The number of rotatable bonds is 7. The molecule has 0 amide bonds. The van der Waals surface area contributed by atoms with Gasteiger partial charge in [-0.1, -0.05) is 19.9 Å². The van der Waals surface area contributed by atoms with Crippen molar-refractivity contribution in [2.24, 2.45) is 0 Å². The van der Waals surface area contributed by atoms with E-state index >= 15 is 0 Å². The van der Waals surface area contributed by atoms with Crippen LogP contribution in [0.2, 0.25) is 0 Å². The molecule has 0 bridgehead atoms. The van der Waals surface area contributed by atoms with E-state index in [4.69, 9.17) is 4.98 Å². The maximum absolute atomic E-state index is 4.72. The second-order valence-electron chi connectivity index (χ2n) is 5.39. The number of anilines is 1. The smallest absolute Gasteiger partial charge is 0.129 e. The highest BCUT2D eigenvalue weighted by Crippen LogP contribution is 2.22. The van der Waals surface area contributed by atoms with Gasteiger partial charge >= 0.3 is 0 Å². The van der Waals surface area contributed by atoms with E-state index in [1.54, 1.807) is 0 Å². The van der Waals surface area contributed by atoms with Crippen LogP contribution in [0.5, 0.6) is 0 Å². The third-order valence-electron chi connectivity index (χ3n) is 3.64. The van der Waals surface area contributed by atoms with Crippen molar-refractivity contribution in [2.75, 3.05) is 18.5 Å². The predicted octanol–water partition coefficient (Wildman–Crippen LogP) is 3.21. The highest BCUT2D eigenvalue weighted by atomic mass is 15.2. The van der Waals surface area contributed by atoms with Crippen molar-refractivity contribution in [3.8, 4) is 0 Å². The van der Waals surface area contributed by atoms with Crippen LogP contribution in [-0.2, 0) is 6.54 Å². The molecule has 1 aromatic rings. The van der Waals surface area contributed by atoms with Crippen LogP contribution in [0, 0.1) is 0 Å². The van der Waals surface area contributed by atoms with Gasteiger partial charge in [0.25, 0.3) is 0 Å². The summed E-state index contributed by atoms with van der Waals surface area (Å²) in [5.74, 6) is 1.05. The Balaban J connectivity index is 2.75. The molecule has 3 heteroatoms. The number of hydrogen-bond acceptors (Lipinski definition) is 3. The van der Waals surface area contributed by atoms with E-state index in [2.05, 4.69) is 63.2 Å². The minimum Gasteiger partial charge on any atom is -0.355 e. The Morgan fingerprint density at radius 2 is 2.00 bits per heavy atom. The quantitative estimate of drug-likeness (QED) is 0.752. The molecule has 102 valence electrons. The number of nitrogens with one attached hydrogen (secondary N) is 1. The first-order valence-corrected chi connectivity index (χ1v) is 6.91. The molecule has 1 rings (SSSR count). The average Bonchev–Trinajstić information content (AvgIpc) is 2.38. The molecule has 0 aromatic carbocycles. The fraction of sp³-hybridized carbons (Fsp3) is 0.667. The third-order valence-corrected chi connectivity index (χ3v) is 3.64. The topological polar surface area (TPSA) is 28.2 Å². The van der Waals surface area contributed by atoms with Crippen molar-refractivity contribution >= 4 is 5.82 Å². The Labute approximate surface area is 112 Å². The molecule has 0 aliphatic rings. The van der Waals surface area contributed by atoms with Crippen LogP contribution in [0.4, 0.5) is 5.82 Å². The Kier molecular flexibility index (Phi) is 5.60. The maximum atomic E-state index is 4.72. The number of nitrogens with zero attached hydrogens (tertiary/aromatic N) is 2. The number of aromatic nitrogens is 1. The highest BCUT2D eigenvalue weighted by molar-refractivity contribution is 5.41. The first-order chi connectivity index (χ1) is 8.51. The van der Waals surface area contributed by atoms with E-state index < -0.39 is 0 Å². The van der Waals surface area contributed by atoms with E-state index in [-0.39, 0.29) is 5.54 Å². The van der Waals surface area contributed by atoms with Crippen LogP contribution in [0.15, 0.2) is 18.2 Å². The maximum Gasteiger partial charge on any atom is 0.129 e. The molecule has 0 unspecified atom stereocenters. The van der Waals surface area contributed by atoms with Crippen LogP contribution in [0.1, 0.15) is 46.2 Å². The summed E-state index contributed by atoms with van der Waals surface area (Å²) in [6.07, 6.45) is 2.26. The van der Waals surface area contributed by atoms with Gasteiger partial charge < -0.3 is 10.2 Å². The first-order valence-electron chi connectivity index (χ1n) is 6.91. The summed E-state index contributed by atoms with van der Waals surface area (Å²) in [5.41, 5.74) is 1.25. The lowest BCUT2D eigenvalue weighted by Crippen LogP contribution is -2.41. The van der Waals surface area contributed by atoms with Crippen molar-refractivity contribution in [2.45, 2.75) is 52.6 Å². The van der Waals surface area contributed by atoms with Crippen molar-refractivity contribution < 1.29 is 0 Å². The van der Waals surface area contributed by atoms with Gasteiger partial charge in [-0.25, -0.2) is 4.98 Å². The molecular weight excluding hydrogens is 222 g/mol. The lowest BCUT2D eigenvalue weighted by Gasteiger charge is -2.36. The summed E-state index contributed by atoms with van der Waals surface area (Å²) in [6, 6.07) is 6.26. The average molecular weight is 249 g/mol. The van der Waals surface area contributed by atoms with Gasteiger partial charge in [0.2, 0.25) is 0 Å². The Bertz CT molecular complexity index is 361. The molecule has 18 heavy (non-hydrogen) atoms. The second-order valence-corrected chi connectivity index (χ2v) is 5.39. The predicted molar refractivity (Wildman–Crippen MR) is 79.0 cm³/mol. The standard InChI is InChI=1S/C15H27N3/c1-6-11-16-12-13-9-8-10-14(17-13)18(5)15(3,4)7-2/h8-10,16H,6-7,11-12H2,1-5H3. The minimum absolute atomic E-state index is 0.141. The molecule has 1 N–H and O–H groups in total. The molecule has 0 spiro atoms. The molecule has 1 aromatic heterocycles. The zero-order valence-electron chi connectivity index (χ0n) is 12.5. The van der Waals surface area contributed by atoms with Gasteiger partial charge in [0.1, 0.15) is 5.82 Å². The lowest BCUT2D eigenvalue weighted by molar-refractivity contribution is 0.466. The fourth-order valence-corrected chi connectivity index (χ4v) is 1.69. The molecule has 0 fully saturated rings. The number of hydrogen-bond donors (Lipinski definition) is 1. The van der Waals surface area contributed by atoms with Gasteiger partial charge in [-0.2, -0.15) is 0 Å². The van der Waals surface area contributed by atoms with Crippen LogP contribution < -0.4 is 10.2 Å². The zero-order valence-corrected chi connectivity index (χ0v) is 12.5. The van der Waals surface area contributed by atoms with Crippen LogP contribution in [0.3, 0.4) is 0 Å². The summed E-state index contributed by atoms with van der Waals surface area (Å²) in [5, 5.41) is 3.39. The Hall–Kier alpha value is -1.09. The summed E-state index contributed by atoms with van der Waals surface area (Å²) >= 11 is 0. The van der Waals surface area contributed by atoms with Crippen LogP contribution >= 0.6 is 0 Å². The van der Waals surface area contributed by atoms with Gasteiger partial charge in [-0.05, 0) is 45.4 Å². The number of pyridine rings is 1. The molecule has 0 saturated carbocycles. The summed E-state index contributed by atoms with van der Waals surface area (Å²) in [4.78, 5) is 6.98. The zero-order chi connectivity index (χ0) is 13.6. The van der Waals surface area contributed by atoms with Crippen molar-refractivity contribution in [3.05, 3.63) is 23.9 Å². The minimum atomic E-state index is 0.141. The van der Waals surface area contributed by atoms with Gasteiger partial charge in [0, 0.05) is 19.1 Å². The Morgan fingerprint density at radius 3 is 2.61 bits per heavy atom. The van der Waals surface area contributed by atoms with Gasteiger partial charge in [0.05, 0.1) is 5.69 Å². The fourth-order valence-electron chi connectivity index (χ4n) is 1.69. The van der Waals surface area contributed by atoms with E-state index in [1.165, 1.54) is 0 Å². The molecule has 1 heterocycles. The van der Waals surface area contributed by atoms with E-state index in [9.17, 15) is 0 Å². The van der Waals surface area contributed by atoms with Gasteiger partial charge in [0.15, 0.2) is 0 Å². The van der Waals surface area contributed by atoms with Crippen LogP contribution in [-0.4, -0.2) is 24.1 Å². The normalized spacial score (nSPS) is 11.6. The largest absolute Gasteiger partial charge is 0.355 e.